The summed E-state index contributed by atoms with van der Waals surface area (Å²) in [5.41, 5.74) is 1.82. The van der Waals surface area contributed by atoms with Crippen molar-refractivity contribution in [2.24, 2.45) is 7.05 Å². The van der Waals surface area contributed by atoms with Gasteiger partial charge in [-0.2, -0.15) is 0 Å². The molecule has 8 nitrogen and oxygen atoms in total. The minimum absolute atomic E-state index is 0.0810. The lowest BCUT2D eigenvalue weighted by Crippen LogP contribution is -2.19. The Morgan fingerprint density at radius 2 is 2.00 bits per heavy atom. The van der Waals surface area contributed by atoms with Crippen molar-refractivity contribution < 1.29 is 9.53 Å². The third-order valence-electron chi connectivity index (χ3n) is 4.14. The Morgan fingerprint density at radius 1 is 1.24 bits per heavy atom. The van der Waals surface area contributed by atoms with Crippen LogP contribution < -0.4 is 5.56 Å². The van der Waals surface area contributed by atoms with E-state index in [9.17, 15) is 9.59 Å². The number of esters is 1. The van der Waals surface area contributed by atoms with Gasteiger partial charge in [0.15, 0.2) is 16.9 Å². The lowest BCUT2D eigenvalue weighted by molar-refractivity contribution is 0.0595. The molecule has 126 valence electrons. The summed E-state index contributed by atoms with van der Waals surface area (Å²) in [6.45, 7) is 0.524. The van der Waals surface area contributed by atoms with Gasteiger partial charge in [-0.3, -0.25) is 9.36 Å². The number of carbonyl (C=O) groups excluding carboxylic acids is 1. The van der Waals surface area contributed by atoms with E-state index in [1.54, 1.807) is 22.5 Å². The highest BCUT2D eigenvalue weighted by Crippen LogP contribution is 2.14. The number of carbonyl (C=O) groups is 1. The topological polar surface area (TPSA) is 83.4 Å². The monoisotopic (exact) mass is 337 g/mol. The van der Waals surface area contributed by atoms with Crippen LogP contribution in [-0.4, -0.2) is 36.6 Å². The molecular formula is C17H15N5O3. The third-order valence-corrected chi connectivity index (χ3v) is 4.14. The van der Waals surface area contributed by atoms with Crippen LogP contribution in [0, 0.1) is 0 Å². The molecule has 1 aromatic carbocycles. The third kappa shape index (κ3) is 2.30. The van der Waals surface area contributed by atoms with Crippen LogP contribution in [0.3, 0.4) is 0 Å². The van der Waals surface area contributed by atoms with Gasteiger partial charge >= 0.3 is 5.97 Å². The summed E-state index contributed by atoms with van der Waals surface area (Å²) in [5, 5.41) is 0. The second-order valence-corrected chi connectivity index (χ2v) is 5.68. The molecule has 3 aromatic heterocycles. The zero-order valence-electron chi connectivity index (χ0n) is 13.7. The van der Waals surface area contributed by atoms with Crippen LogP contribution in [0.4, 0.5) is 0 Å². The van der Waals surface area contributed by atoms with Gasteiger partial charge in [-0.05, 0) is 5.56 Å². The molecule has 0 radical (unpaired) electrons. The van der Waals surface area contributed by atoms with Crippen molar-refractivity contribution in [1.29, 1.82) is 0 Å². The van der Waals surface area contributed by atoms with Crippen molar-refractivity contribution in [2.75, 3.05) is 7.11 Å². The lowest BCUT2D eigenvalue weighted by Gasteiger charge is -2.06. The summed E-state index contributed by atoms with van der Waals surface area (Å²) in [6.07, 6.45) is 3.03. The van der Waals surface area contributed by atoms with Gasteiger partial charge in [-0.15, -0.1) is 0 Å². The first-order valence-electron chi connectivity index (χ1n) is 7.65. The molecule has 25 heavy (non-hydrogen) atoms. The highest BCUT2D eigenvalue weighted by atomic mass is 16.5. The molecule has 0 fully saturated rings. The van der Waals surface area contributed by atoms with Crippen LogP contribution >= 0.6 is 0 Å². The molecule has 0 aliphatic rings. The lowest BCUT2D eigenvalue weighted by atomic mass is 10.2. The number of ether oxygens (including phenoxy) is 1. The van der Waals surface area contributed by atoms with E-state index in [1.165, 1.54) is 17.7 Å². The summed E-state index contributed by atoms with van der Waals surface area (Å²) in [4.78, 5) is 33.2. The molecule has 0 amide bonds. The van der Waals surface area contributed by atoms with E-state index in [-0.39, 0.29) is 11.3 Å². The van der Waals surface area contributed by atoms with Crippen molar-refractivity contribution in [3.05, 3.63) is 64.5 Å². The van der Waals surface area contributed by atoms with E-state index in [1.807, 2.05) is 30.3 Å². The molecule has 8 heteroatoms. The first-order valence-corrected chi connectivity index (χ1v) is 7.65. The minimum Gasteiger partial charge on any atom is -0.464 e. The van der Waals surface area contributed by atoms with E-state index in [0.717, 1.165) is 5.56 Å². The van der Waals surface area contributed by atoms with E-state index in [0.29, 0.717) is 23.5 Å². The van der Waals surface area contributed by atoms with Gasteiger partial charge in [-0.25, -0.2) is 19.2 Å². The summed E-state index contributed by atoms with van der Waals surface area (Å²) < 4.78 is 9.51. The van der Waals surface area contributed by atoms with Crippen LogP contribution in [0.15, 0.2) is 47.7 Å². The molecule has 0 atom stereocenters. The molecule has 3 heterocycles. The number of aryl methyl sites for hydroxylation is 1. The van der Waals surface area contributed by atoms with Gasteiger partial charge in [0.25, 0.3) is 5.56 Å². The number of nitrogens with zero attached hydrogens (tertiary/aromatic N) is 5. The molecule has 0 bridgehead atoms. The number of rotatable bonds is 3. The number of imidazole rings is 2. The number of hydrogen-bond acceptors (Lipinski definition) is 5. The maximum Gasteiger partial charge on any atom is 0.358 e. The predicted molar refractivity (Wildman–Crippen MR) is 90.6 cm³/mol. The number of hydrogen-bond donors (Lipinski definition) is 0. The number of aromatic nitrogens is 5. The zero-order chi connectivity index (χ0) is 17.6. The Labute approximate surface area is 141 Å². The highest BCUT2D eigenvalue weighted by molar-refractivity contribution is 5.88. The summed E-state index contributed by atoms with van der Waals surface area (Å²) in [6, 6.07) is 9.81. The molecule has 0 unspecified atom stereocenters. The van der Waals surface area contributed by atoms with Gasteiger partial charge in [0.2, 0.25) is 5.78 Å². The van der Waals surface area contributed by atoms with E-state index < -0.39 is 5.97 Å². The zero-order valence-corrected chi connectivity index (χ0v) is 13.7. The molecule has 4 aromatic rings. The van der Waals surface area contributed by atoms with E-state index in [4.69, 9.17) is 0 Å². The van der Waals surface area contributed by atoms with Crippen molar-refractivity contribution >= 4 is 22.9 Å². The highest BCUT2D eigenvalue weighted by Gasteiger charge is 2.19. The second kappa shape index (κ2) is 5.59. The van der Waals surface area contributed by atoms with Gasteiger partial charge in [0.1, 0.15) is 0 Å². The first-order chi connectivity index (χ1) is 12.1. The van der Waals surface area contributed by atoms with Crippen molar-refractivity contribution in [3.8, 4) is 0 Å². The van der Waals surface area contributed by atoms with Crippen LogP contribution in [0.1, 0.15) is 16.1 Å². The molecule has 0 spiro atoms. The fourth-order valence-corrected chi connectivity index (χ4v) is 2.90. The van der Waals surface area contributed by atoms with Gasteiger partial charge in [0, 0.05) is 19.8 Å². The molecule has 0 aliphatic carbocycles. The van der Waals surface area contributed by atoms with Gasteiger partial charge in [-0.1, -0.05) is 30.3 Å². The van der Waals surface area contributed by atoms with E-state index in [2.05, 4.69) is 14.7 Å². The van der Waals surface area contributed by atoms with Crippen molar-refractivity contribution in [2.45, 2.75) is 6.54 Å². The number of benzene rings is 1. The standard InChI is InChI=1S/C17H15N5O3/c1-20-14-13(21(10-18-14)8-11-6-4-3-5-7-11)15(23)22-9-12(16(24)25-2)19-17(20)22/h3-7,9-10H,8H2,1-2H3. The smallest absolute Gasteiger partial charge is 0.358 e. The van der Waals surface area contributed by atoms with Gasteiger partial charge in [0.05, 0.1) is 13.4 Å². The maximum absolute atomic E-state index is 12.9. The van der Waals surface area contributed by atoms with Crippen LogP contribution in [0.2, 0.25) is 0 Å². The van der Waals surface area contributed by atoms with Gasteiger partial charge < -0.3 is 9.30 Å². The average Bonchev–Trinajstić information content (AvgIpc) is 3.25. The molecule has 0 aliphatic heterocycles. The Morgan fingerprint density at radius 3 is 2.72 bits per heavy atom. The fraction of sp³-hybridized carbons (Fsp3) is 0.176. The average molecular weight is 337 g/mol. The second-order valence-electron chi connectivity index (χ2n) is 5.68. The quantitative estimate of drug-likeness (QED) is 0.525. The molecule has 0 N–H and O–H groups in total. The molecule has 0 saturated carbocycles. The Hall–Kier alpha value is -3.42. The summed E-state index contributed by atoms with van der Waals surface area (Å²) in [7, 11) is 3.03. The minimum atomic E-state index is -0.590. The van der Waals surface area contributed by atoms with Crippen molar-refractivity contribution in [1.82, 2.24) is 23.5 Å². The Balaban J connectivity index is 1.95. The first kappa shape index (κ1) is 15.1. The number of fused-ring (bicyclic) bond motifs is 2. The summed E-state index contributed by atoms with van der Waals surface area (Å²) >= 11 is 0. The van der Waals surface area contributed by atoms with Crippen LogP contribution in [0.5, 0.6) is 0 Å². The van der Waals surface area contributed by atoms with Crippen LogP contribution in [0.25, 0.3) is 16.9 Å². The largest absolute Gasteiger partial charge is 0.464 e. The normalized spacial score (nSPS) is 11.3. The summed E-state index contributed by atoms with van der Waals surface area (Å²) in [5.74, 6) is -0.254. The molecule has 4 rings (SSSR count). The van der Waals surface area contributed by atoms with Crippen molar-refractivity contribution in [3.63, 3.8) is 0 Å². The SMILES string of the molecule is COC(=O)c1cn2c(=O)c3c(ncn3Cc3ccccc3)n(C)c2n1. The maximum atomic E-state index is 12.9. The Bertz CT molecular complexity index is 1150. The Kier molecular flexibility index (Phi) is 3.38. The number of methoxy groups -OCH3 is 1. The fourth-order valence-electron chi connectivity index (χ4n) is 2.90. The van der Waals surface area contributed by atoms with E-state index >= 15 is 0 Å². The molecule has 0 saturated heterocycles. The van der Waals surface area contributed by atoms with Crippen LogP contribution in [-0.2, 0) is 18.3 Å². The predicted octanol–water partition coefficient (Wildman–Crippen LogP) is 1.22. The molecular weight excluding hydrogens is 322 g/mol.